The summed E-state index contributed by atoms with van der Waals surface area (Å²) in [5.74, 6) is 2.65. The van der Waals surface area contributed by atoms with Crippen LogP contribution in [0.15, 0.2) is 48.5 Å². The maximum Gasteiger partial charge on any atom is 0.130 e. The Morgan fingerprint density at radius 3 is 1.49 bits per heavy atom. The maximum atomic E-state index is 11.7. The van der Waals surface area contributed by atoms with Gasteiger partial charge in [0, 0.05) is 25.9 Å². The highest BCUT2D eigenvalue weighted by atomic mass is 31.1. The van der Waals surface area contributed by atoms with Crippen LogP contribution in [0.3, 0.4) is 0 Å². The topological polar surface area (TPSA) is 94.1 Å². The van der Waals surface area contributed by atoms with Crippen molar-refractivity contribution in [1.29, 1.82) is 0 Å². The van der Waals surface area contributed by atoms with Crippen LogP contribution >= 0.6 is 7.92 Å². The van der Waals surface area contributed by atoms with E-state index < -0.39 is 7.92 Å². The van der Waals surface area contributed by atoms with Gasteiger partial charge in [-0.3, -0.25) is 0 Å². The Hall–Kier alpha value is -3.07. The zero-order valence-corrected chi connectivity index (χ0v) is 25.6. The molecule has 0 aliphatic rings. The molecular formula is C31H41O9P. The number of aryl methyl sites for hydroxylation is 1. The number of hydrogen-bond donors (Lipinski definition) is 1. The van der Waals surface area contributed by atoms with Crippen molar-refractivity contribution in [1.82, 2.24) is 0 Å². The van der Waals surface area contributed by atoms with E-state index in [9.17, 15) is 5.11 Å². The minimum atomic E-state index is -1.49. The van der Waals surface area contributed by atoms with E-state index in [1.165, 1.54) is 0 Å². The smallest absolute Gasteiger partial charge is 0.130 e. The fourth-order valence-corrected chi connectivity index (χ4v) is 7.27. The molecule has 3 aromatic rings. The summed E-state index contributed by atoms with van der Waals surface area (Å²) < 4.78 is 45.1. The van der Waals surface area contributed by atoms with E-state index in [-0.39, 0.29) is 12.4 Å². The zero-order chi connectivity index (χ0) is 29.6. The van der Waals surface area contributed by atoms with E-state index in [1.807, 2.05) is 55.5 Å². The fourth-order valence-electron chi connectivity index (χ4n) is 4.33. The highest BCUT2D eigenvalue weighted by Gasteiger charge is 2.32. The van der Waals surface area contributed by atoms with Crippen LogP contribution in [-0.4, -0.2) is 80.3 Å². The summed E-state index contributed by atoms with van der Waals surface area (Å²) in [5, 5.41) is 14.0. The number of rotatable bonds is 18. The lowest BCUT2D eigenvalue weighted by atomic mass is 10.1. The van der Waals surface area contributed by atoms with Gasteiger partial charge < -0.3 is 43.0 Å². The Morgan fingerprint density at radius 1 is 0.610 bits per heavy atom. The number of hydrogen-bond acceptors (Lipinski definition) is 9. The molecular weight excluding hydrogens is 547 g/mol. The lowest BCUT2D eigenvalue weighted by molar-refractivity contribution is 0.000680. The number of benzene rings is 3. The summed E-state index contributed by atoms with van der Waals surface area (Å²) >= 11 is 0. The van der Waals surface area contributed by atoms with Crippen molar-refractivity contribution < 1.29 is 43.0 Å². The quantitative estimate of drug-likeness (QED) is 0.176. The van der Waals surface area contributed by atoms with Crippen molar-refractivity contribution >= 4 is 23.8 Å². The molecule has 0 bridgehead atoms. The molecule has 0 aliphatic heterocycles. The third-order valence-electron chi connectivity index (χ3n) is 6.24. The summed E-state index contributed by atoms with van der Waals surface area (Å²) in [6.07, 6.45) is 0. The normalized spacial score (nSPS) is 11.1. The number of methoxy groups -OCH3 is 5. The third-order valence-corrected chi connectivity index (χ3v) is 8.84. The molecule has 0 atom stereocenters. The summed E-state index contributed by atoms with van der Waals surface area (Å²) in [7, 11) is 6.62. The molecule has 0 radical (unpaired) electrons. The highest BCUT2D eigenvalue weighted by Crippen LogP contribution is 2.48. The van der Waals surface area contributed by atoms with Crippen molar-refractivity contribution in [2.45, 2.75) is 13.5 Å². The fraction of sp³-hybridized carbons (Fsp3) is 0.419. The molecule has 0 unspecified atom stereocenters. The number of ether oxygens (including phenoxy) is 8. The van der Waals surface area contributed by atoms with Crippen molar-refractivity contribution in [3.8, 4) is 28.7 Å². The molecule has 1 N–H and O–H groups in total. The molecule has 0 aliphatic carbocycles. The third kappa shape index (κ3) is 8.47. The Bertz CT molecular complexity index is 1130. The van der Waals surface area contributed by atoms with E-state index in [1.54, 1.807) is 35.5 Å². The second-order valence-electron chi connectivity index (χ2n) is 8.92. The first-order chi connectivity index (χ1) is 20.0. The van der Waals surface area contributed by atoms with Crippen molar-refractivity contribution in [3.63, 3.8) is 0 Å². The molecule has 9 nitrogen and oxygen atoms in total. The molecule has 0 amide bonds. The number of aromatic hydroxyl groups is 1. The Balaban J connectivity index is 1.96. The summed E-state index contributed by atoms with van der Waals surface area (Å²) in [5.41, 5.74) is 1.63. The van der Waals surface area contributed by atoms with Crippen LogP contribution in [0.25, 0.3) is 0 Å². The first-order valence-corrected chi connectivity index (χ1v) is 14.6. The van der Waals surface area contributed by atoms with Gasteiger partial charge in [-0.15, -0.1) is 0 Å². The largest absolute Gasteiger partial charge is 0.507 e. The van der Waals surface area contributed by atoms with Gasteiger partial charge in [0.1, 0.15) is 28.7 Å². The van der Waals surface area contributed by atoms with E-state index >= 15 is 0 Å². The monoisotopic (exact) mass is 588 g/mol. The Kier molecular flexibility index (Phi) is 13.5. The zero-order valence-electron chi connectivity index (χ0n) is 24.7. The van der Waals surface area contributed by atoms with Crippen molar-refractivity contribution in [2.75, 3.05) is 75.2 Å². The molecule has 3 rings (SSSR count). The van der Waals surface area contributed by atoms with Crippen LogP contribution in [-0.2, 0) is 25.6 Å². The van der Waals surface area contributed by atoms with Crippen LogP contribution < -0.4 is 34.9 Å². The van der Waals surface area contributed by atoms with E-state index in [2.05, 4.69) is 0 Å². The van der Waals surface area contributed by atoms with Gasteiger partial charge in [-0.05, 0) is 42.8 Å². The molecule has 10 heteroatoms. The summed E-state index contributed by atoms with van der Waals surface area (Å²) in [6, 6.07) is 15.2. The predicted molar refractivity (Wildman–Crippen MR) is 161 cm³/mol. The number of phenols is 1. The molecule has 0 saturated carbocycles. The van der Waals surface area contributed by atoms with Crippen LogP contribution in [0.5, 0.6) is 28.7 Å². The molecule has 0 fully saturated rings. The SMILES string of the molecule is COCCOCCOCCOCc1cc(C)cc(P(c2c(OC)cccc2OC)c2c(OC)cccc2OC)c1O. The van der Waals surface area contributed by atoms with Crippen LogP contribution in [0.1, 0.15) is 11.1 Å². The van der Waals surface area contributed by atoms with Gasteiger partial charge in [0.25, 0.3) is 0 Å². The van der Waals surface area contributed by atoms with Gasteiger partial charge in [0.2, 0.25) is 0 Å². The standard InChI is InChI=1S/C31H41O9P/c1-22-19-23(21-40-18-17-39-16-15-38-14-13-33-2)29(32)28(20-22)41(30-24(34-3)9-7-10-25(30)35-4)31-26(36-5)11-8-12-27(31)37-6/h7-12,19-20,32H,13-18,21H2,1-6H3. The molecule has 0 aromatic heterocycles. The van der Waals surface area contributed by atoms with Crippen molar-refractivity contribution in [2.24, 2.45) is 0 Å². The van der Waals surface area contributed by atoms with Gasteiger partial charge in [0.05, 0.1) is 85.3 Å². The second-order valence-corrected chi connectivity index (χ2v) is 11.0. The first-order valence-electron chi connectivity index (χ1n) is 13.3. The minimum Gasteiger partial charge on any atom is -0.507 e. The molecule has 224 valence electrons. The average Bonchev–Trinajstić information content (AvgIpc) is 3.00. The van der Waals surface area contributed by atoms with Crippen molar-refractivity contribution in [3.05, 3.63) is 59.7 Å². The van der Waals surface area contributed by atoms with E-state index in [4.69, 9.17) is 37.9 Å². The lowest BCUT2D eigenvalue weighted by Crippen LogP contribution is -2.26. The second kappa shape index (κ2) is 17.0. The number of phenolic OH excluding ortho intramolecular Hbond substituents is 1. The first kappa shape index (κ1) is 32.4. The predicted octanol–water partition coefficient (Wildman–Crippen LogP) is 3.69. The molecule has 0 saturated heterocycles. The Morgan fingerprint density at radius 2 is 1.05 bits per heavy atom. The molecule has 3 aromatic carbocycles. The van der Waals surface area contributed by atoms with Crippen LogP contribution in [0.2, 0.25) is 0 Å². The minimum absolute atomic E-state index is 0.134. The lowest BCUT2D eigenvalue weighted by Gasteiger charge is -2.27. The highest BCUT2D eigenvalue weighted by molar-refractivity contribution is 7.80. The summed E-state index contributed by atoms with van der Waals surface area (Å²) in [6.45, 7) is 5.05. The van der Waals surface area contributed by atoms with Crippen LogP contribution in [0, 0.1) is 6.92 Å². The van der Waals surface area contributed by atoms with Gasteiger partial charge in [0.15, 0.2) is 0 Å². The maximum absolute atomic E-state index is 11.7. The Labute approximate surface area is 243 Å². The van der Waals surface area contributed by atoms with Gasteiger partial charge >= 0.3 is 0 Å². The molecule has 0 spiro atoms. The van der Waals surface area contributed by atoms with Crippen LogP contribution in [0.4, 0.5) is 0 Å². The van der Waals surface area contributed by atoms with E-state index in [0.717, 1.165) is 16.2 Å². The summed E-state index contributed by atoms with van der Waals surface area (Å²) in [4.78, 5) is 0. The van der Waals surface area contributed by atoms with Gasteiger partial charge in [-0.25, -0.2) is 0 Å². The van der Waals surface area contributed by atoms with E-state index in [0.29, 0.717) is 73.5 Å². The molecule has 0 heterocycles. The van der Waals surface area contributed by atoms with Gasteiger partial charge in [-0.1, -0.05) is 18.2 Å². The molecule has 41 heavy (non-hydrogen) atoms. The average molecular weight is 589 g/mol. The van der Waals surface area contributed by atoms with Gasteiger partial charge in [-0.2, -0.15) is 0 Å².